The lowest BCUT2D eigenvalue weighted by molar-refractivity contribution is 0.431. The number of rotatable bonds is 6. The molecule has 0 saturated carbocycles. The molecule has 3 aromatic rings. The Morgan fingerprint density at radius 1 is 1.40 bits per heavy atom. The van der Waals surface area contributed by atoms with Crippen LogP contribution in [0, 0.1) is 0 Å². The molecule has 3 heterocycles. The van der Waals surface area contributed by atoms with Crippen molar-refractivity contribution in [1.82, 2.24) is 19.9 Å². The van der Waals surface area contributed by atoms with Crippen LogP contribution in [-0.2, 0) is 13.5 Å². The van der Waals surface area contributed by atoms with E-state index in [2.05, 4.69) is 15.3 Å². The van der Waals surface area contributed by atoms with Crippen molar-refractivity contribution in [3.63, 3.8) is 0 Å². The summed E-state index contributed by atoms with van der Waals surface area (Å²) in [5, 5.41) is 6.63. The maximum Gasteiger partial charge on any atom is 0.133 e. The molecule has 6 heteroatoms. The van der Waals surface area contributed by atoms with Crippen molar-refractivity contribution in [2.24, 2.45) is 7.05 Å². The Labute approximate surface area is 121 Å². The third-order valence-corrected chi connectivity index (χ3v) is 3.95. The number of hydrogen-bond donors (Lipinski definition) is 1. The summed E-state index contributed by atoms with van der Waals surface area (Å²) in [6, 6.07) is 3.83. The molecule has 0 saturated heterocycles. The zero-order valence-corrected chi connectivity index (χ0v) is 12.0. The number of aryl methyl sites for hydroxylation is 1. The Hall–Kier alpha value is -1.92. The summed E-state index contributed by atoms with van der Waals surface area (Å²) in [7, 11) is 1.99. The normalized spacial score (nSPS) is 12.7. The van der Waals surface area contributed by atoms with Crippen molar-refractivity contribution >= 4 is 11.3 Å². The molecule has 0 aliphatic carbocycles. The molecule has 1 N–H and O–H groups in total. The van der Waals surface area contributed by atoms with Gasteiger partial charge in [-0.1, -0.05) is 0 Å². The second-order valence-corrected chi connectivity index (χ2v) is 5.45. The fourth-order valence-corrected chi connectivity index (χ4v) is 2.75. The Balaban J connectivity index is 1.72. The fourth-order valence-electron chi connectivity index (χ4n) is 2.13. The molecule has 0 aliphatic heterocycles. The van der Waals surface area contributed by atoms with E-state index in [-0.39, 0.29) is 6.04 Å². The van der Waals surface area contributed by atoms with Gasteiger partial charge >= 0.3 is 0 Å². The first-order chi connectivity index (χ1) is 9.84. The summed E-state index contributed by atoms with van der Waals surface area (Å²) in [4.78, 5) is 8.71. The average molecular weight is 288 g/mol. The van der Waals surface area contributed by atoms with Crippen LogP contribution in [0.5, 0.6) is 0 Å². The van der Waals surface area contributed by atoms with Gasteiger partial charge in [0.05, 0.1) is 11.3 Å². The molecule has 104 valence electrons. The van der Waals surface area contributed by atoms with Gasteiger partial charge in [0.2, 0.25) is 0 Å². The molecule has 0 fully saturated rings. The van der Waals surface area contributed by atoms with E-state index in [0.717, 1.165) is 29.6 Å². The van der Waals surface area contributed by atoms with Gasteiger partial charge in [0.15, 0.2) is 0 Å². The lowest BCUT2D eigenvalue weighted by Gasteiger charge is -2.16. The van der Waals surface area contributed by atoms with E-state index in [1.54, 1.807) is 23.8 Å². The quantitative estimate of drug-likeness (QED) is 0.756. The first-order valence-electron chi connectivity index (χ1n) is 6.47. The maximum absolute atomic E-state index is 5.53. The second kappa shape index (κ2) is 6.02. The second-order valence-electron chi connectivity index (χ2n) is 4.47. The number of thiazole rings is 1. The van der Waals surface area contributed by atoms with E-state index < -0.39 is 0 Å². The number of furan rings is 1. The van der Waals surface area contributed by atoms with Crippen molar-refractivity contribution in [2.45, 2.75) is 12.5 Å². The van der Waals surface area contributed by atoms with Gasteiger partial charge in [0, 0.05) is 44.0 Å². The number of aromatic nitrogens is 3. The summed E-state index contributed by atoms with van der Waals surface area (Å²) in [5.41, 5.74) is 0. The van der Waals surface area contributed by atoms with Crippen LogP contribution in [0.3, 0.4) is 0 Å². The van der Waals surface area contributed by atoms with E-state index in [1.807, 2.05) is 41.5 Å². The number of nitrogens with zero attached hydrogens (tertiary/aromatic N) is 3. The van der Waals surface area contributed by atoms with E-state index in [9.17, 15) is 0 Å². The summed E-state index contributed by atoms with van der Waals surface area (Å²) < 4.78 is 7.54. The molecule has 3 aromatic heterocycles. The topological polar surface area (TPSA) is 55.9 Å². The van der Waals surface area contributed by atoms with Crippen LogP contribution in [0.4, 0.5) is 0 Å². The summed E-state index contributed by atoms with van der Waals surface area (Å²) in [5.74, 6) is 1.82. The standard InChI is InChI=1S/C14H16N4OS/c1-18-8-6-17-14(18)13(11-3-2-9-19-11)16-5-4-12-15-7-10-20-12/h2-3,6-10,13,16H,4-5H2,1H3. The Kier molecular flexibility index (Phi) is 3.94. The molecule has 0 radical (unpaired) electrons. The lowest BCUT2D eigenvalue weighted by Crippen LogP contribution is -2.26. The minimum absolute atomic E-state index is 0.0371. The summed E-state index contributed by atoms with van der Waals surface area (Å²) in [6.07, 6.45) is 8.16. The van der Waals surface area contributed by atoms with Crippen molar-refractivity contribution in [2.75, 3.05) is 6.54 Å². The zero-order valence-electron chi connectivity index (χ0n) is 11.2. The number of imidazole rings is 1. The predicted molar refractivity (Wildman–Crippen MR) is 77.6 cm³/mol. The molecule has 5 nitrogen and oxygen atoms in total. The largest absolute Gasteiger partial charge is 0.467 e. The molecule has 0 aliphatic rings. The van der Waals surface area contributed by atoms with Gasteiger partial charge in [0.1, 0.15) is 17.6 Å². The van der Waals surface area contributed by atoms with Crippen LogP contribution in [0.25, 0.3) is 0 Å². The van der Waals surface area contributed by atoms with Gasteiger partial charge in [0.25, 0.3) is 0 Å². The fraction of sp³-hybridized carbons (Fsp3) is 0.286. The van der Waals surface area contributed by atoms with Crippen LogP contribution < -0.4 is 5.32 Å². The van der Waals surface area contributed by atoms with Gasteiger partial charge in [-0.25, -0.2) is 9.97 Å². The third-order valence-electron chi connectivity index (χ3n) is 3.12. The smallest absolute Gasteiger partial charge is 0.133 e. The summed E-state index contributed by atoms with van der Waals surface area (Å²) >= 11 is 1.68. The summed E-state index contributed by atoms with van der Waals surface area (Å²) in [6.45, 7) is 0.825. The minimum Gasteiger partial charge on any atom is -0.467 e. The van der Waals surface area contributed by atoms with Gasteiger partial charge in [-0.2, -0.15) is 0 Å². The van der Waals surface area contributed by atoms with Gasteiger partial charge in [-0.05, 0) is 12.1 Å². The molecule has 0 amide bonds. The van der Waals surface area contributed by atoms with Gasteiger partial charge in [-0.15, -0.1) is 11.3 Å². The van der Waals surface area contributed by atoms with Crippen LogP contribution in [0.15, 0.2) is 46.8 Å². The Bertz CT molecular complexity index is 630. The van der Waals surface area contributed by atoms with E-state index in [4.69, 9.17) is 4.42 Å². The molecular formula is C14H16N4OS. The van der Waals surface area contributed by atoms with E-state index in [1.165, 1.54) is 0 Å². The molecule has 1 atom stereocenters. The first-order valence-corrected chi connectivity index (χ1v) is 7.35. The molecule has 1 unspecified atom stereocenters. The van der Waals surface area contributed by atoms with Crippen molar-refractivity contribution in [3.8, 4) is 0 Å². The van der Waals surface area contributed by atoms with E-state index >= 15 is 0 Å². The predicted octanol–water partition coefficient (Wildman–Crippen LogP) is 2.39. The number of nitrogens with one attached hydrogen (secondary N) is 1. The molecule has 20 heavy (non-hydrogen) atoms. The molecule has 0 aromatic carbocycles. The Morgan fingerprint density at radius 3 is 3.00 bits per heavy atom. The van der Waals surface area contributed by atoms with Crippen molar-refractivity contribution < 1.29 is 4.42 Å². The SMILES string of the molecule is Cn1ccnc1C(NCCc1nccs1)c1ccco1. The highest BCUT2D eigenvalue weighted by Gasteiger charge is 2.20. The maximum atomic E-state index is 5.53. The van der Waals surface area contributed by atoms with Gasteiger partial charge in [-0.3, -0.25) is 0 Å². The highest BCUT2D eigenvalue weighted by Crippen LogP contribution is 2.20. The van der Waals surface area contributed by atoms with Crippen LogP contribution in [0.1, 0.15) is 22.6 Å². The highest BCUT2D eigenvalue weighted by molar-refractivity contribution is 7.09. The monoisotopic (exact) mass is 288 g/mol. The first kappa shape index (κ1) is 13.1. The van der Waals surface area contributed by atoms with Crippen LogP contribution in [0.2, 0.25) is 0 Å². The van der Waals surface area contributed by atoms with Crippen LogP contribution in [-0.4, -0.2) is 21.1 Å². The zero-order chi connectivity index (χ0) is 13.8. The molecule has 0 bridgehead atoms. The highest BCUT2D eigenvalue weighted by atomic mass is 32.1. The Morgan fingerprint density at radius 2 is 2.35 bits per heavy atom. The average Bonchev–Trinajstić information content (AvgIpc) is 3.18. The molecule has 0 spiro atoms. The lowest BCUT2D eigenvalue weighted by atomic mass is 10.2. The third kappa shape index (κ3) is 2.81. The van der Waals surface area contributed by atoms with E-state index in [0.29, 0.717) is 0 Å². The molecular weight excluding hydrogens is 272 g/mol. The van der Waals surface area contributed by atoms with Crippen LogP contribution >= 0.6 is 11.3 Å². The van der Waals surface area contributed by atoms with Crippen molar-refractivity contribution in [1.29, 1.82) is 0 Å². The van der Waals surface area contributed by atoms with Gasteiger partial charge < -0.3 is 14.3 Å². The number of hydrogen-bond acceptors (Lipinski definition) is 5. The van der Waals surface area contributed by atoms with Crippen molar-refractivity contribution in [3.05, 3.63) is 59.0 Å². The molecule has 3 rings (SSSR count). The minimum atomic E-state index is -0.0371.